The molecule has 1 aromatic heterocycles. The Hall–Kier alpha value is -6.05. The number of nitrogens with zero attached hydrogens (tertiary/aromatic N) is 1. The lowest BCUT2D eigenvalue weighted by Crippen LogP contribution is -1.92. The Morgan fingerprint density at radius 2 is 0.761 bits per heavy atom. The van der Waals surface area contributed by atoms with Crippen LogP contribution < -0.4 is 0 Å². The number of pyridine rings is 1. The molecule has 0 amide bonds. The lowest BCUT2D eigenvalue weighted by atomic mass is 9.84. The number of hydrogen-bond acceptors (Lipinski definition) is 1. The van der Waals surface area contributed by atoms with Gasteiger partial charge in [0.05, 0.1) is 0 Å². The Labute approximate surface area is 268 Å². The second-order valence-electron chi connectivity index (χ2n) is 12.0. The maximum Gasteiger partial charge on any atom is 0.0273 e. The van der Waals surface area contributed by atoms with E-state index in [1.807, 2.05) is 12.4 Å². The Morgan fingerprint density at radius 3 is 1.35 bits per heavy atom. The van der Waals surface area contributed by atoms with E-state index in [-0.39, 0.29) is 0 Å². The minimum atomic E-state index is 1.17. The molecule has 9 aromatic rings. The molecule has 0 radical (unpaired) electrons. The van der Waals surface area contributed by atoms with Crippen molar-refractivity contribution in [2.75, 3.05) is 0 Å². The first-order valence-corrected chi connectivity index (χ1v) is 15.8. The third kappa shape index (κ3) is 4.45. The van der Waals surface area contributed by atoms with Gasteiger partial charge in [0, 0.05) is 12.4 Å². The van der Waals surface area contributed by atoms with E-state index in [4.69, 9.17) is 0 Å². The van der Waals surface area contributed by atoms with Gasteiger partial charge in [-0.3, -0.25) is 4.98 Å². The van der Waals surface area contributed by atoms with E-state index in [2.05, 4.69) is 169 Å². The summed E-state index contributed by atoms with van der Waals surface area (Å²) in [5, 5.41) is 7.76. The molecule has 0 bridgehead atoms. The van der Waals surface area contributed by atoms with Crippen LogP contribution in [0.1, 0.15) is 0 Å². The smallest absolute Gasteiger partial charge is 0.0273 e. The number of hydrogen-bond donors (Lipinski definition) is 0. The highest BCUT2D eigenvalue weighted by Crippen LogP contribution is 2.45. The van der Waals surface area contributed by atoms with Gasteiger partial charge in [0.2, 0.25) is 0 Å². The molecule has 214 valence electrons. The van der Waals surface area contributed by atoms with Crippen molar-refractivity contribution >= 4 is 32.3 Å². The van der Waals surface area contributed by atoms with Gasteiger partial charge in [-0.05, 0) is 124 Å². The van der Waals surface area contributed by atoms with E-state index < -0.39 is 0 Å². The standard InChI is InChI=1S/C45H29N/c1-3-8-30(9-4-1)37-26-38(31-10-5-2-6-11-31)28-39(27-37)43-29-42(34-16-14-32(15-17-34)33-22-24-46-25-23-33)40-20-18-35-12-7-13-36-19-21-41(43)45(40)44(35)36/h1-29H. The van der Waals surface area contributed by atoms with Crippen molar-refractivity contribution in [2.45, 2.75) is 0 Å². The van der Waals surface area contributed by atoms with Crippen LogP contribution in [0, 0.1) is 0 Å². The molecule has 0 spiro atoms. The summed E-state index contributed by atoms with van der Waals surface area (Å²) in [5.74, 6) is 0. The van der Waals surface area contributed by atoms with Crippen molar-refractivity contribution in [2.24, 2.45) is 0 Å². The van der Waals surface area contributed by atoms with Gasteiger partial charge in [-0.1, -0.05) is 127 Å². The van der Waals surface area contributed by atoms with Crippen LogP contribution in [-0.4, -0.2) is 4.98 Å². The lowest BCUT2D eigenvalue weighted by molar-refractivity contribution is 1.33. The average Bonchev–Trinajstić information content (AvgIpc) is 3.14. The highest BCUT2D eigenvalue weighted by atomic mass is 14.6. The summed E-state index contributed by atoms with van der Waals surface area (Å²) in [6.45, 7) is 0. The number of aromatic nitrogens is 1. The molecule has 1 heterocycles. The molecule has 0 aliphatic carbocycles. The van der Waals surface area contributed by atoms with Crippen LogP contribution in [-0.2, 0) is 0 Å². The summed E-state index contributed by atoms with van der Waals surface area (Å²) in [5.41, 5.74) is 12.1. The summed E-state index contributed by atoms with van der Waals surface area (Å²) in [6.07, 6.45) is 3.70. The first kappa shape index (κ1) is 26.4. The molecule has 8 aromatic carbocycles. The van der Waals surface area contributed by atoms with Gasteiger partial charge < -0.3 is 0 Å². The largest absolute Gasteiger partial charge is 0.265 e. The minimum absolute atomic E-state index is 1.17. The van der Waals surface area contributed by atoms with Crippen LogP contribution in [0.2, 0.25) is 0 Å². The molecule has 9 rings (SSSR count). The molecule has 0 aliphatic heterocycles. The Bertz CT molecular complexity index is 2410. The highest BCUT2D eigenvalue weighted by molar-refractivity contribution is 6.28. The molecule has 0 aliphatic rings. The van der Waals surface area contributed by atoms with Crippen molar-refractivity contribution in [3.8, 4) is 55.6 Å². The molecule has 0 saturated heterocycles. The zero-order chi connectivity index (χ0) is 30.5. The molecule has 0 N–H and O–H groups in total. The minimum Gasteiger partial charge on any atom is -0.265 e. The molecular weight excluding hydrogens is 555 g/mol. The predicted molar refractivity (Wildman–Crippen MR) is 195 cm³/mol. The Morgan fingerprint density at radius 1 is 0.283 bits per heavy atom. The molecular formula is C45H29N. The van der Waals surface area contributed by atoms with Crippen LogP contribution in [0.3, 0.4) is 0 Å². The zero-order valence-electron chi connectivity index (χ0n) is 25.2. The zero-order valence-corrected chi connectivity index (χ0v) is 25.2. The third-order valence-corrected chi connectivity index (χ3v) is 9.31. The quantitative estimate of drug-likeness (QED) is 0.184. The fourth-order valence-electron chi connectivity index (χ4n) is 7.07. The molecule has 1 heteroatoms. The SMILES string of the molecule is c1ccc(-c2cc(-c3ccccc3)cc(-c3cc(-c4ccc(-c5ccncc5)cc4)c4ccc5cccc6ccc3c4c56)c2)cc1. The van der Waals surface area contributed by atoms with E-state index in [1.165, 1.54) is 88.0 Å². The maximum absolute atomic E-state index is 4.20. The van der Waals surface area contributed by atoms with E-state index in [1.54, 1.807) is 0 Å². The second-order valence-corrected chi connectivity index (χ2v) is 12.0. The van der Waals surface area contributed by atoms with Crippen molar-refractivity contribution in [3.05, 3.63) is 176 Å². The normalized spacial score (nSPS) is 11.5. The number of rotatable bonds is 5. The first-order chi connectivity index (χ1) is 22.8. The van der Waals surface area contributed by atoms with Gasteiger partial charge in [-0.2, -0.15) is 0 Å². The van der Waals surface area contributed by atoms with Crippen molar-refractivity contribution in [3.63, 3.8) is 0 Å². The lowest BCUT2D eigenvalue weighted by Gasteiger charge is -2.19. The molecule has 46 heavy (non-hydrogen) atoms. The van der Waals surface area contributed by atoms with Gasteiger partial charge in [-0.15, -0.1) is 0 Å². The Balaban J connectivity index is 1.34. The highest BCUT2D eigenvalue weighted by Gasteiger charge is 2.18. The van der Waals surface area contributed by atoms with Crippen LogP contribution in [0.25, 0.3) is 88.0 Å². The van der Waals surface area contributed by atoms with Gasteiger partial charge in [0.1, 0.15) is 0 Å². The van der Waals surface area contributed by atoms with Gasteiger partial charge in [-0.25, -0.2) is 0 Å². The first-order valence-electron chi connectivity index (χ1n) is 15.8. The fourth-order valence-corrected chi connectivity index (χ4v) is 7.07. The molecule has 0 saturated carbocycles. The molecule has 0 atom stereocenters. The van der Waals surface area contributed by atoms with Crippen molar-refractivity contribution in [1.29, 1.82) is 0 Å². The Kier molecular flexibility index (Phi) is 6.21. The topological polar surface area (TPSA) is 12.9 Å². The molecule has 1 nitrogen and oxygen atoms in total. The molecule has 0 unspecified atom stereocenters. The average molecular weight is 584 g/mol. The molecule has 0 fully saturated rings. The van der Waals surface area contributed by atoms with E-state index in [9.17, 15) is 0 Å². The second kappa shape index (κ2) is 10.8. The van der Waals surface area contributed by atoms with E-state index in [0.717, 1.165) is 0 Å². The van der Waals surface area contributed by atoms with Crippen LogP contribution in [0.5, 0.6) is 0 Å². The summed E-state index contributed by atoms with van der Waals surface area (Å²) in [6, 6.07) is 59.9. The van der Waals surface area contributed by atoms with Crippen molar-refractivity contribution < 1.29 is 0 Å². The predicted octanol–water partition coefficient (Wildman–Crippen LogP) is 12.3. The van der Waals surface area contributed by atoms with Crippen LogP contribution >= 0.6 is 0 Å². The summed E-state index contributed by atoms with van der Waals surface area (Å²) < 4.78 is 0. The number of benzene rings is 8. The van der Waals surface area contributed by atoms with Crippen molar-refractivity contribution in [1.82, 2.24) is 4.98 Å². The fraction of sp³-hybridized carbons (Fsp3) is 0. The van der Waals surface area contributed by atoms with Gasteiger partial charge >= 0.3 is 0 Å². The van der Waals surface area contributed by atoms with E-state index >= 15 is 0 Å². The summed E-state index contributed by atoms with van der Waals surface area (Å²) in [7, 11) is 0. The maximum atomic E-state index is 4.20. The van der Waals surface area contributed by atoms with Crippen LogP contribution in [0.15, 0.2) is 176 Å². The monoisotopic (exact) mass is 583 g/mol. The summed E-state index contributed by atoms with van der Waals surface area (Å²) in [4.78, 5) is 4.20. The summed E-state index contributed by atoms with van der Waals surface area (Å²) >= 11 is 0. The van der Waals surface area contributed by atoms with Gasteiger partial charge in [0.15, 0.2) is 0 Å². The third-order valence-electron chi connectivity index (χ3n) is 9.31. The van der Waals surface area contributed by atoms with Crippen LogP contribution in [0.4, 0.5) is 0 Å². The van der Waals surface area contributed by atoms with Gasteiger partial charge in [0.25, 0.3) is 0 Å². The van der Waals surface area contributed by atoms with E-state index in [0.29, 0.717) is 0 Å².